The fourth-order valence-electron chi connectivity index (χ4n) is 7.24. The zero-order valence-electron chi connectivity index (χ0n) is 40.7. The first-order valence-corrected chi connectivity index (χ1v) is 26.9. The number of aliphatic hydroxyl groups excluding tert-OH is 5. The third-order valence-electron chi connectivity index (χ3n) is 11.3. The monoisotopic (exact) mass is 951 g/mol. The first kappa shape index (κ1) is 61.5. The number of unbranched alkanes of at least 4 members (excludes halogenated alkanes) is 16. The van der Waals surface area contributed by atoms with Crippen LogP contribution in [0.2, 0.25) is 0 Å². The van der Waals surface area contributed by atoms with E-state index in [1.54, 1.807) is 0 Å². The van der Waals surface area contributed by atoms with Gasteiger partial charge in [0.15, 0.2) is 0 Å². The van der Waals surface area contributed by atoms with Crippen LogP contribution in [0.1, 0.15) is 181 Å². The minimum Gasteiger partial charge on any atom is -0.457 e. The highest BCUT2D eigenvalue weighted by Gasteiger charge is 2.51. The molecule has 66 heavy (non-hydrogen) atoms. The van der Waals surface area contributed by atoms with Gasteiger partial charge in [0, 0.05) is 13.0 Å². The molecule has 1 fully saturated rings. The average molecular weight is 951 g/mol. The SMILES string of the molecule is CC/C=C\C/C=C\C/C=C\C/C=C\CCCCCCCCC(=O)OC(COCCCCCCCCC/C=C\C/C=C\C/C=C\CCCCC)COP(=O)(O)OC1C(O)C(O)C(O)C(O)C1O. The van der Waals surface area contributed by atoms with Crippen molar-refractivity contribution in [3.05, 3.63) is 85.1 Å². The zero-order valence-corrected chi connectivity index (χ0v) is 41.6. The number of phosphoric ester groups is 1. The van der Waals surface area contributed by atoms with Gasteiger partial charge in [-0.2, -0.15) is 0 Å². The van der Waals surface area contributed by atoms with Crippen molar-refractivity contribution >= 4 is 13.8 Å². The molecule has 1 rings (SSSR count). The summed E-state index contributed by atoms with van der Waals surface area (Å²) in [6, 6.07) is 0. The second-order valence-corrected chi connectivity index (χ2v) is 18.7. The number of allylic oxidation sites excluding steroid dienone is 14. The number of carbonyl (C=O) groups is 1. The molecule has 0 aromatic heterocycles. The van der Waals surface area contributed by atoms with Gasteiger partial charge in [-0.3, -0.25) is 13.8 Å². The molecule has 0 amide bonds. The summed E-state index contributed by atoms with van der Waals surface area (Å²) < 4.78 is 34.3. The lowest BCUT2D eigenvalue weighted by Crippen LogP contribution is -2.64. The maximum absolute atomic E-state index is 12.9. The van der Waals surface area contributed by atoms with Crippen LogP contribution in [-0.2, 0) is 27.9 Å². The Balaban J connectivity index is 2.38. The van der Waals surface area contributed by atoms with Gasteiger partial charge in [0.1, 0.15) is 42.7 Å². The Hall–Kier alpha value is -2.48. The molecule has 0 saturated heterocycles. The summed E-state index contributed by atoms with van der Waals surface area (Å²) in [6.45, 7) is 4.08. The van der Waals surface area contributed by atoms with Crippen molar-refractivity contribution in [2.24, 2.45) is 0 Å². The summed E-state index contributed by atoms with van der Waals surface area (Å²) in [5.74, 6) is -0.498. The molecular formula is C53H91O12P. The molecule has 12 nitrogen and oxygen atoms in total. The smallest absolute Gasteiger partial charge is 0.457 e. The summed E-state index contributed by atoms with van der Waals surface area (Å²) in [4.78, 5) is 23.2. The van der Waals surface area contributed by atoms with Gasteiger partial charge in [-0.05, 0) is 89.9 Å². The minimum atomic E-state index is -5.04. The lowest BCUT2D eigenvalue weighted by molar-refractivity contribution is -0.220. The topological polar surface area (TPSA) is 192 Å². The number of esters is 1. The molecule has 380 valence electrons. The normalized spacial score (nSPS) is 22.1. The van der Waals surface area contributed by atoms with Gasteiger partial charge in [0.2, 0.25) is 0 Å². The molecule has 0 radical (unpaired) electrons. The van der Waals surface area contributed by atoms with Crippen molar-refractivity contribution in [2.75, 3.05) is 19.8 Å². The predicted octanol–water partition coefficient (Wildman–Crippen LogP) is 11.3. The number of rotatable bonds is 42. The van der Waals surface area contributed by atoms with E-state index >= 15 is 0 Å². The number of hydrogen-bond donors (Lipinski definition) is 6. The Morgan fingerprint density at radius 1 is 0.500 bits per heavy atom. The van der Waals surface area contributed by atoms with E-state index in [2.05, 4.69) is 98.9 Å². The highest BCUT2D eigenvalue weighted by atomic mass is 31.2. The Labute approximate surface area is 399 Å². The third kappa shape index (κ3) is 33.9. The van der Waals surface area contributed by atoms with Crippen LogP contribution in [-0.4, -0.2) is 98.9 Å². The van der Waals surface area contributed by atoms with Gasteiger partial charge in [-0.1, -0.05) is 170 Å². The van der Waals surface area contributed by atoms with Gasteiger partial charge in [0.05, 0.1) is 13.2 Å². The van der Waals surface area contributed by atoms with Crippen molar-refractivity contribution in [2.45, 2.75) is 224 Å². The summed E-state index contributed by atoms with van der Waals surface area (Å²) in [7, 11) is -5.04. The van der Waals surface area contributed by atoms with Gasteiger partial charge in [-0.25, -0.2) is 4.57 Å². The van der Waals surface area contributed by atoms with Crippen LogP contribution in [0.4, 0.5) is 0 Å². The summed E-state index contributed by atoms with van der Waals surface area (Å²) in [5.41, 5.74) is 0. The molecule has 0 aliphatic heterocycles. The van der Waals surface area contributed by atoms with E-state index in [1.165, 1.54) is 44.9 Å². The molecule has 0 bridgehead atoms. The average Bonchev–Trinajstić information content (AvgIpc) is 3.30. The Bertz CT molecular complexity index is 1410. The number of carbonyl (C=O) groups excluding carboxylic acids is 1. The van der Waals surface area contributed by atoms with Crippen LogP contribution in [0.25, 0.3) is 0 Å². The van der Waals surface area contributed by atoms with E-state index < -0.39 is 63.1 Å². The largest absolute Gasteiger partial charge is 0.472 e. The lowest BCUT2D eigenvalue weighted by Gasteiger charge is -2.41. The fraction of sp³-hybridized carbons (Fsp3) is 0.717. The molecule has 6 unspecified atom stereocenters. The molecule has 1 aliphatic rings. The molecule has 0 aromatic carbocycles. The molecule has 6 N–H and O–H groups in total. The first-order valence-electron chi connectivity index (χ1n) is 25.4. The molecular weight excluding hydrogens is 860 g/mol. The van der Waals surface area contributed by atoms with E-state index in [0.29, 0.717) is 13.0 Å². The fourth-order valence-corrected chi connectivity index (χ4v) is 8.21. The van der Waals surface area contributed by atoms with E-state index in [0.717, 1.165) is 109 Å². The molecule has 1 saturated carbocycles. The van der Waals surface area contributed by atoms with E-state index in [-0.39, 0.29) is 13.0 Å². The number of aliphatic hydroxyl groups is 5. The molecule has 0 aromatic rings. The van der Waals surface area contributed by atoms with Crippen LogP contribution < -0.4 is 0 Å². The minimum absolute atomic E-state index is 0.0944. The quantitative estimate of drug-likeness (QED) is 0.0147. The van der Waals surface area contributed by atoms with Crippen molar-refractivity contribution in [1.29, 1.82) is 0 Å². The number of phosphoric acid groups is 1. The van der Waals surface area contributed by atoms with Gasteiger partial charge >= 0.3 is 13.8 Å². The lowest BCUT2D eigenvalue weighted by atomic mass is 9.85. The second-order valence-electron chi connectivity index (χ2n) is 17.3. The van der Waals surface area contributed by atoms with Crippen LogP contribution in [0.3, 0.4) is 0 Å². The molecule has 6 atom stereocenters. The van der Waals surface area contributed by atoms with Crippen molar-refractivity contribution in [3.63, 3.8) is 0 Å². The summed E-state index contributed by atoms with van der Waals surface area (Å²) in [5, 5.41) is 50.3. The van der Waals surface area contributed by atoms with E-state index in [9.17, 15) is 39.8 Å². The Morgan fingerprint density at radius 2 is 0.894 bits per heavy atom. The second kappa shape index (κ2) is 42.6. The van der Waals surface area contributed by atoms with E-state index in [1.807, 2.05) is 0 Å². The highest BCUT2D eigenvalue weighted by molar-refractivity contribution is 7.47. The van der Waals surface area contributed by atoms with Gasteiger partial charge in [0.25, 0.3) is 0 Å². The first-order chi connectivity index (χ1) is 32.0. The summed E-state index contributed by atoms with van der Waals surface area (Å²) >= 11 is 0. The zero-order chi connectivity index (χ0) is 48.4. The highest BCUT2D eigenvalue weighted by Crippen LogP contribution is 2.47. The Kier molecular flexibility index (Phi) is 39.7. The van der Waals surface area contributed by atoms with Crippen LogP contribution in [0.15, 0.2) is 85.1 Å². The number of ether oxygens (including phenoxy) is 2. The molecule has 1 aliphatic carbocycles. The standard InChI is InChI=1S/C53H91O12P/c1-3-5-7-9-11-13-15-17-19-21-23-25-27-29-31-33-35-37-39-41-43-62-44-46(45-63-66(60,61)65-53-51(58)49(56)48(55)50(57)52(53)59)64-47(54)42-40-38-36-34-32-30-28-26-24-22-20-18-16-14-12-10-8-6-4-2/h6,8,11-14,17-20,23-26,46,48-53,55-59H,3-5,7,9-10,15-16,21-22,27-45H2,1-2H3,(H,60,61)/b8-6-,13-11-,14-12-,19-17-,20-18-,25-23-,26-24-. The predicted molar refractivity (Wildman–Crippen MR) is 267 cm³/mol. The van der Waals surface area contributed by atoms with Gasteiger partial charge in [-0.15, -0.1) is 0 Å². The third-order valence-corrected chi connectivity index (χ3v) is 12.2. The van der Waals surface area contributed by atoms with E-state index in [4.69, 9.17) is 18.5 Å². The van der Waals surface area contributed by atoms with Crippen LogP contribution in [0, 0.1) is 0 Å². The molecule has 0 spiro atoms. The molecule has 13 heteroatoms. The number of hydrogen-bond acceptors (Lipinski definition) is 11. The summed E-state index contributed by atoms with van der Waals surface area (Å²) in [6.07, 6.45) is 44.9. The van der Waals surface area contributed by atoms with Crippen molar-refractivity contribution in [1.82, 2.24) is 0 Å². The van der Waals surface area contributed by atoms with Crippen LogP contribution >= 0.6 is 7.82 Å². The van der Waals surface area contributed by atoms with Crippen molar-refractivity contribution < 1.29 is 58.3 Å². The van der Waals surface area contributed by atoms with Gasteiger partial charge < -0.3 is 39.9 Å². The van der Waals surface area contributed by atoms with Crippen molar-refractivity contribution in [3.8, 4) is 0 Å². The Morgan fingerprint density at radius 3 is 1.36 bits per heavy atom. The maximum atomic E-state index is 12.9. The maximum Gasteiger partial charge on any atom is 0.472 e. The molecule has 0 heterocycles. The van der Waals surface area contributed by atoms with Crippen LogP contribution in [0.5, 0.6) is 0 Å².